The number of benzene rings is 2. The maximum absolute atomic E-state index is 14.0. The van der Waals surface area contributed by atoms with Crippen LogP contribution in [0.3, 0.4) is 0 Å². The Hall–Kier alpha value is -3.06. The van der Waals surface area contributed by atoms with Gasteiger partial charge < -0.3 is 20.2 Å². The fourth-order valence-corrected chi connectivity index (χ4v) is 4.79. The second-order valence-electron chi connectivity index (χ2n) is 10.2. The summed E-state index contributed by atoms with van der Waals surface area (Å²) in [5, 5.41) is 13.4. The van der Waals surface area contributed by atoms with Crippen LogP contribution in [0.5, 0.6) is 0 Å². The summed E-state index contributed by atoms with van der Waals surface area (Å²) in [6.45, 7) is 10.2. The molecule has 3 rings (SSSR count). The van der Waals surface area contributed by atoms with Gasteiger partial charge in [-0.05, 0) is 90.0 Å². The number of amides is 2. The molecule has 0 heterocycles. The zero-order chi connectivity index (χ0) is 25.8. The largest absolute Gasteiger partial charge is 0.465 e. The summed E-state index contributed by atoms with van der Waals surface area (Å²) in [5.41, 5.74) is 2.31. The molecule has 35 heavy (non-hydrogen) atoms. The highest BCUT2D eigenvalue weighted by Crippen LogP contribution is 2.36. The standard InChI is InChI=1S/C28H40N4O3/c1-7-31(8-2)24-15-13-23(14-16-24)29-25(33)28(18-17-21-11-9-10-12-22(21)19-28)32(26(34)35)20-27(3,4)30(5)6/h9-16H,7-8,17-20H2,1-6H3,(H,29,33)(H,34,35). The number of anilines is 2. The number of hydrogen-bond acceptors (Lipinski definition) is 4. The molecule has 2 aromatic rings. The van der Waals surface area contributed by atoms with Crippen molar-refractivity contribution in [3.63, 3.8) is 0 Å². The van der Waals surface area contributed by atoms with Crippen molar-refractivity contribution in [1.29, 1.82) is 0 Å². The molecule has 190 valence electrons. The van der Waals surface area contributed by atoms with Crippen molar-refractivity contribution in [3.8, 4) is 0 Å². The van der Waals surface area contributed by atoms with Crippen molar-refractivity contribution < 1.29 is 14.7 Å². The molecule has 0 spiro atoms. The Kier molecular flexibility index (Phi) is 8.11. The van der Waals surface area contributed by atoms with Gasteiger partial charge in [0, 0.05) is 43.0 Å². The number of nitrogens with one attached hydrogen (secondary N) is 1. The molecular formula is C28H40N4O3. The Morgan fingerprint density at radius 1 is 1.00 bits per heavy atom. The van der Waals surface area contributed by atoms with E-state index < -0.39 is 17.2 Å². The van der Waals surface area contributed by atoms with Gasteiger partial charge in [0.15, 0.2) is 0 Å². The highest BCUT2D eigenvalue weighted by molar-refractivity contribution is 6.00. The Bertz CT molecular complexity index is 1030. The van der Waals surface area contributed by atoms with Gasteiger partial charge >= 0.3 is 6.09 Å². The van der Waals surface area contributed by atoms with Crippen LogP contribution >= 0.6 is 0 Å². The van der Waals surface area contributed by atoms with Crippen LogP contribution in [0, 0.1) is 0 Å². The molecular weight excluding hydrogens is 440 g/mol. The lowest BCUT2D eigenvalue weighted by molar-refractivity contribution is -0.129. The monoisotopic (exact) mass is 480 g/mol. The first-order valence-corrected chi connectivity index (χ1v) is 12.5. The first-order valence-electron chi connectivity index (χ1n) is 12.5. The Balaban J connectivity index is 1.98. The van der Waals surface area contributed by atoms with Gasteiger partial charge in [0.2, 0.25) is 0 Å². The lowest BCUT2D eigenvalue weighted by Gasteiger charge is -2.47. The number of aryl methyl sites for hydroxylation is 1. The summed E-state index contributed by atoms with van der Waals surface area (Å²) in [7, 11) is 3.86. The van der Waals surface area contributed by atoms with Crippen LogP contribution in [0.25, 0.3) is 0 Å². The molecule has 0 bridgehead atoms. The molecule has 1 atom stereocenters. The molecule has 0 aromatic heterocycles. The predicted octanol–water partition coefficient (Wildman–Crippen LogP) is 4.72. The highest BCUT2D eigenvalue weighted by atomic mass is 16.4. The summed E-state index contributed by atoms with van der Waals surface area (Å²) in [5.74, 6) is -0.278. The zero-order valence-corrected chi connectivity index (χ0v) is 22.0. The average Bonchev–Trinajstić information content (AvgIpc) is 2.83. The number of rotatable bonds is 9. The van der Waals surface area contributed by atoms with Gasteiger partial charge in [0.25, 0.3) is 5.91 Å². The quantitative estimate of drug-likeness (QED) is 0.543. The van der Waals surface area contributed by atoms with E-state index in [1.807, 2.05) is 75.3 Å². The third-order valence-corrected chi connectivity index (χ3v) is 7.59. The molecule has 1 aliphatic carbocycles. The lowest BCUT2D eigenvalue weighted by atomic mass is 9.75. The molecule has 0 radical (unpaired) electrons. The van der Waals surface area contributed by atoms with Crippen molar-refractivity contribution in [2.45, 2.75) is 58.0 Å². The number of fused-ring (bicyclic) bond motifs is 1. The zero-order valence-electron chi connectivity index (χ0n) is 22.0. The van der Waals surface area contributed by atoms with Gasteiger partial charge in [-0.25, -0.2) is 4.79 Å². The molecule has 2 amide bonds. The number of carboxylic acid groups (broad SMARTS) is 1. The maximum atomic E-state index is 14.0. The third-order valence-electron chi connectivity index (χ3n) is 7.59. The summed E-state index contributed by atoms with van der Waals surface area (Å²) in [6.07, 6.45) is 0.355. The van der Waals surface area contributed by atoms with Gasteiger partial charge in [-0.1, -0.05) is 24.3 Å². The summed E-state index contributed by atoms with van der Waals surface area (Å²) in [4.78, 5) is 32.3. The number of nitrogens with zero attached hydrogens (tertiary/aromatic N) is 3. The van der Waals surface area contributed by atoms with Crippen LogP contribution in [0.1, 0.15) is 45.2 Å². The molecule has 1 unspecified atom stereocenters. The lowest BCUT2D eigenvalue weighted by Crippen LogP contribution is -2.65. The molecule has 2 N–H and O–H groups in total. The minimum absolute atomic E-state index is 0.214. The number of carbonyl (C=O) groups is 2. The van der Waals surface area contributed by atoms with E-state index in [4.69, 9.17) is 0 Å². The second-order valence-corrected chi connectivity index (χ2v) is 10.2. The summed E-state index contributed by atoms with van der Waals surface area (Å²) < 4.78 is 0. The van der Waals surface area contributed by atoms with E-state index in [1.165, 1.54) is 10.5 Å². The summed E-state index contributed by atoms with van der Waals surface area (Å²) >= 11 is 0. The molecule has 0 fully saturated rings. The molecule has 0 saturated carbocycles. The van der Waals surface area contributed by atoms with E-state index in [-0.39, 0.29) is 12.5 Å². The van der Waals surface area contributed by atoms with Crippen LogP contribution in [-0.2, 0) is 17.6 Å². The Morgan fingerprint density at radius 3 is 2.14 bits per heavy atom. The van der Waals surface area contributed by atoms with Crippen molar-refractivity contribution >= 4 is 23.4 Å². The third kappa shape index (κ3) is 5.61. The Labute approximate surface area is 209 Å². The predicted molar refractivity (Wildman–Crippen MR) is 142 cm³/mol. The van der Waals surface area contributed by atoms with E-state index in [0.717, 1.165) is 24.3 Å². The second kappa shape index (κ2) is 10.7. The van der Waals surface area contributed by atoms with Crippen molar-refractivity contribution in [2.24, 2.45) is 0 Å². The van der Waals surface area contributed by atoms with Gasteiger partial charge in [-0.3, -0.25) is 9.69 Å². The molecule has 7 heteroatoms. The molecule has 2 aromatic carbocycles. The first kappa shape index (κ1) is 26.5. The van der Waals surface area contributed by atoms with E-state index >= 15 is 0 Å². The van der Waals surface area contributed by atoms with Crippen LogP contribution in [0.4, 0.5) is 16.2 Å². The van der Waals surface area contributed by atoms with Crippen molar-refractivity contribution in [3.05, 3.63) is 59.7 Å². The van der Waals surface area contributed by atoms with Gasteiger partial charge in [-0.2, -0.15) is 0 Å². The van der Waals surface area contributed by atoms with Gasteiger partial charge in [0.05, 0.1) is 0 Å². The minimum atomic E-state index is -1.20. The molecule has 0 saturated heterocycles. The van der Waals surface area contributed by atoms with Gasteiger partial charge in [-0.15, -0.1) is 0 Å². The van der Waals surface area contributed by atoms with Crippen molar-refractivity contribution in [1.82, 2.24) is 9.80 Å². The van der Waals surface area contributed by atoms with Crippen LogP contribution < -0.4 is 10.2 Å². The van der Waals surface area contributed by atoms with Crippen LogP contribution in [0.15, 0.2) is 48.5 Å². The van der Waals surface area contributed by atoms with E-state index in [2.05, 4.69) is 30.1 Å². The maximum Gasteiger partial charge on any atom is 0.408 e. The minimum Gasteiger partial charge on any atom is -0.465 e. The number of likely N-dealkylation sites (N-methyl/N-ethyl adjacent to an activating group) is 1. The number of hydrogen-bond donors (Lipinski definition) is 2. The summed E-state index contributed by atoms with van der Waals surface area (Å²) in [6, 6.07) is 15.8. The SMILES string of the molecule is CCN(CC)c1ccc(NC(=O)C2(N(CC(C)(C)N(C)C)C(=O)O)CCc3ccccc3C2)cc1. The number of carbonyl (C=O) groups excluding carboxylic acids is 1. The average molecular weight is 481 g/mol. The molecule has 7 nitrogen and oxygen atoms in total. The fraction of sp³-hybridized carbons (Fsp3) is 0.500. The van der Waals surface area contributed by atoms with Crippen molar-refractivity contribution in [2.75, 3.05) is 43.9 Å². The van der Waals surface area contributed by atoms with Gasteiger partial charge in [0.1, 0.15) is 5.54 Å². The normalized spacial score (nSPS) is 17.6. The first-order chi connectivity index (χ1) is 16.5. The van der Waals surface area contributed by atoms with E-state index in [1.54, 1.807) is 0 Å². The smallest absolute Gasteiger partial charge is 0.408 e. The molecule has 1 aliphatic rings. The highest BCUT2D eigenvalue weighted by Gasteiger charge is 2.50. The fourth-order valence-electron chi connectivity index (χ4n) is 4.79. The van der Waals surface area contributed by atoms with Crippen LogP contribution in [-0.4, -0.2) is 71.7 Å². The van der Waals surface area contributed by atoms with Crippen LogP contribution in [0.2, 0.25) is 0 Å². The Morgan fingerprint density at radius 2 is 1.60 bits per heavy atom. The topological polar surface area (TPSA) is 76.1 Å². The van der Waals surface area contributed by atoms with E-state index in [0.29, 0.717) is 24.9 Å². The van der Waals surface area contributed by atoms with E-state index in [9.17, 15) is 14.7 Å². The molecule has 0 aliphatic heterocycles.